The molecule has 0 radical (unpaired) electrons. The molecule has 5 rings (SSSR count). The van der Waals surface area contributed by atoms with Gasteiger partial charge in [0.05, 0.1) is 35.5 Å². The Bertz CT molecular complexity index is 1550. The topological polar surface area (TPSA) is 106 Å². The Balaban J connectivity index is 1.44. The minimum absolute atomic E-state index is 0.00405. The van der Waals surface area contributed by atoms with Crippen LogP contribution in [0.1, 0.15) is 56.1 Å². The predicted molar refractivity (Wildman–Crippen MR) is 133 cm³/mol. The summed E-state index contributed by atoms with van der Waals surface area (Å²) in [6.07, 6.45) is 4.39. The average Bonchev–Trinajstić information content (AvgIpc) is 3.61. The van der Waals surface area contributed by atoms with Crippen molar-refractivity contribution in [1.29, 1.82) is 0 Å². The molecule has 1 aromatic carbocycles. The molecule has 4 aromatic heterocycles. The van der Waals surface area contributed by atoms with E-state index in [-0.39, 0.29) is 17.5 Å². The van der Waals surface area contributed by atoms with Crippen LogP contribution >= 0.6 is 0 Å². The largest absolute Gasteiger partial charge is 0.448 e. The van der Waals surface area contributed by atoms with Crippen LogP contribution in [0.4, 0.5) is 8.78 Å². The summed E-state index contributed by atoms with van der Waals surface area (Å²) in [7, 11) is 1.81. The predicted octanol–water partition coefficient (Wildman–Crippen LogP) is 4.80. The summed E-state index contributed by atoms with van der Waals surface area (Å²) in [5.41, 5.74) is 3.32. The molecule has 9 nitrogen and oxygen atoms in total. The molecule has 11 heteroatoms. The van der Waals surface area contributed by atoms with Crippen molar-refractivity contribution in [2.75, 3.05) is 0 Å². The van der Waals surface area contributed by atoms with E-state index in [0.717, 1.165) is 5.56 Å². The van der Waals surface area contributed by atoms with Crippen molar-refractivity contribution < 1.29 is 18.3 Å². The minimum Gasteiger partial charge on any atom is -0.448 e. The van der Waals surface area contributed by atoms with Gasteiger partial charge < -0.3 is 9.52 Å². The zero-order valence-corrected chi connectivity index (χ0v) is 20.9. The lowest BCUT2D eigenvalue weighted by atomic mass is 9.97. The quantitative estimate of drug-likeness (QED) is 0.305. The first-order chi connectivity index (χ1) is 17.6. The van der Waals surface area contributed by atoms with Crippen LogP contribution in [0.3, 0.4) is 0 Å². The van der Waals surface area contributed by atoms with Gasteiger partial charge in [-0.05, 0) is 17.7 Å². The smallest absolute Gasteiger partial charge is 0.264 e. The first kappa shape index (κ1) is 24.7. The first-order valence-corrected chi connectivity index (χ1v) is 11.7. The Morgan fingerprint density at radius 3 is 2.57 bits per heavy atom. The molecular weight excluding hydrogens is 480 g/mol. The molecule has 0 aliphatic carbocycles. The van der Waals surface area contributed by atoms with Crippen molar-refractivity contribution >= 4 is 5.52 Å². The SMILES string of the molecule is Cn1cc(-c2cn3nccc3c(-c3ccc(CNC(O)c4coc(C(C)(C)C)n4)c(C(F)F)c3)n2)cn1. The van der Waals surface area contributed by atoms with E-state index >= 15 is 0 Å². The Hall–Kier alpha value is -3.96. The molecule has 5 aromatic rings. The number of oxazole rings is 1. The number of aromatic nitrogens is 6. The summed E-state index contributed by atoms with van der Waals surface area (Å²) in [6.45, 7) is 5.83. The van der Waals surface area contributed by atoms with Crippen LogP contribution in [-0.2, 0) is 19.0 Å². The Morgan fingerprint density at radius 1 is 1.08 bits per heavy atom. The molecule has 1 atom stereocenters. The first-order valence-electron chi connectivity index (χ1n) is 11.7. The van der Waals surface area contributed by atoms with E-state index in [1.54, 1.807) is 46.0 Å². The van der Waals surface area contributed by atoms with Crippen LogP contribution in [0.15, 0.2) is 59.7 Å². The summed E-state index contributed by atoms with van der Waals surface area (Å²) in [4.78, 5) is 9.07. The number of aliphatic hydroxyl groups is 1. The highest BCUT2D eigenvalue weighted by molar-refractivity contribution is 5.79. The van der Waals surface area contributed by atoms with Gasteiger partial charge in [0.15, 0.2) is 12.1 Å². The second kappa shape index (κ2) is 9.49. The second-order valence-electron chi connectivity index (χ2n) is 9.86. The number of benzene rings is 1. The fraction of sp³-hybridized carbons (Fsp3) is 0.308. The summed E-state index contributed by atoms with van der Waals surface area (Å²) in [5, 5.41) is 21.9. The Labute approximate surface area is 211 Å². The average molecular weight is 508 g/mol. The van der Waals surface area contributed by atoms with Crippen LogP contribution in [0.5, 0.6) is 0 Å². The zero-order chi connectivity index (χ0) is 26.3. The highest BCUT2D eigenvalue weighted by Crippen LogP contribution is 2.32. The van der Waals surface area contributed by atoms with Crippen molar-refractivity contribution in [3.63, 3.8) is 0 Å². The number of nitrogens with one attached hydrogen (secondary N) is 1. The molecule has 2 N–H and O–H groups in total. The number of halogens is 2. The van der Waals surface area contributed by atoms with E-state index in [0.29, 0.717) is 39.6 Å². The van der Waals surface area contributed by atoms with E-state index in [2.05, 4.69) is 20.5 Å². The van der Waals surface area contributed by atoms with Crippen LogP contribution in [0.2, 0.25) is 0 Å². The highest BCUT2D eigenvalue weighted by Gasteiger charge is 2.23. The molecule has 0 bridgehead atoms. The van der Waals surface area contributed by atoms with Gasteiger partial charge in [-0.15, -0.1) is 0 Å². The summed E-state index contributed by atoms with van der Waals surface area (Å²) < 4.78 is 37.1. The number of aryl methyl sites for hydroxylation is 1. The maximum Gasteiger partial charge on any atom is 0.264 e. The van der Waals surface area contributed by atoms with E-state index in [1.807, 2.05) is 34.0 Å². The number of nitrogens with zero attached hydrogens (tertiary/aromatic N) is 6. The lowest BCUT2D eigenvalue weighted by Crippen LogP contribution is -2.22. The number of aliphatic hydroxyl groups excluding tert-OH is 1. The molecular formula is C26H27F2N7O2. The van der Waals surface area contributed by atoms with Gasteiger partial charge in [-0.2, -0.15) is 10.2 Å². The highest BCUT2D eigenvalue weighted by atomic mass is 19.3. The molecule has 192 valence electrons. The van der Waals surface area contributed by atoms with Gasteiger partial charge in [-0.1, -0.05) is 32.9 Å². The van der Waals surface area contributed by atoms with E-state index in [1.165, 1.54) is 12.3 Å². The van der Waals surface area contributed by atoms with Crippen LogP contribution in [-0.4, -0.2) is 34.5 Å². The number of hydrogen-bond acceptors (Lipinski definition) is 7. The van der Waals surface area contributed by atoms with Crippen molar-refractivity contribution in [3.8, 4) is 22.5 Å². The van der Waals surface area contributed by atoms with Crippen molar-refractivity contribution in [3.05, 3.63) is 78.0 Å². The summed E-state index contributed by atoms with van der Waals surface area (Å²) in [5.74, 6) is 0.480. The van der Waals surface area contributed by atoms with Gasteiger partial charge in [-0.3, -0.25) is 10.00 Å². The molecule has 0 saturated carbocycles. The van der Waals surface area contributed by atoms with Gasteiger partial charge in [0.25, 0.3) is 6.43 Å². The van der Waals surface area contributed by atoms with Crippen molar-refractivity contribution in [1.82, 2.24) is 34.7 Å². The standard InChI is InChI=1S/C26H27F2N7O2/c1-26(2,3)25-33-20(14-37-25)24(36)29-10-16-6-5-15(9-18(16)23(27)28)22-21-7-8-30-35(21)13-19(32-22)17-11-31-34(4)12-17/h5-9,11-14,23-24,29,36H,10H2,1-4H3. The van der Waals surface area contributed by atoms with Gasteiger partial charge in [0, 0.05) is 41.9 Å². The van der Waals surface area contributed by atoms with Crippen molar-refractivity contribution in [2.24, 2.45) is 7.05 Å². The maximum atomic E-state index is 14.1. The van der Waals surface area contributed by atoms with Crippen LogP contribution < -0.4 is 5.32 Å². The van der Waals surface area contributed by atoms with E-state index < -0.39 is 12.7 Å². The summed E-state index contributed by atoms with van der Waals surface area (Å²) >= 11 is 0. The van der Waals surface area contributed by atoms with Crippen LogP contribution in [0.25, 0.3) is 28.0 Å². The van der Waals surface area contributed by atoms with Crippen LogP contribution in [0, 0.1) is 0 Å². The van der Waals surface area contributed by atoms with Gasteiger partial charge in [0.2, 0.25) is 0 Å². The number of alkyl halides is 2. The second-order valence-corrected chi connectivity index (χ2v) is 9.86. The van der Waals surface area contributed by atoms with Crippen molar-refractivity contribution in [2.45, 2.75) is 45.4 Å². The molecule has 0 aliphatic heterocycles. The van der Waals surface area contributed by atoms with Gasteiger partial charge >= 0.3 is 0 Å². The third-order valence-electron chi connectivity index (χ3n) is 5.97. The normalized spacial score (nSPS) is 13.1. The fourth-order valence-electron chi connectivity index (χ4n) is 4.01. The third kappa shape index (κ3) is 5.00. The molecule has 0 saturated heterocycles. The van der Waals surface area contributed by atoms with E-state index in [9.17, 15) is 13.9 Å². The molecule has 4 heterocycles. The lowest BCUT2D eigenvalue weighted by molar-refractivity contribution is 0.129. The molecule has 0 fully saturated rings. The maximum absolute atomic E-state index is 14.1. The molecule has 0 amide bonds. The minimum atomic E-state index is -2.73. The lowest BCUT2D eigenvalue weighted by Gasteiger charge is -2.15. The summed E-state index contributed by atoms with van der Waals surface area (Å²) in [6, 6.07) is 6.58. The number of rotatable bonds is 7. The Morgan fingerprint density at radius 2 is 1.89 bits per heavy atom. The molecule has 37 heavy (non-hydrogen) atoms. The zero-order valence-electron chi connectivity index (χ0n) is 20.9. The fourth-order valence-corrected chi connectivity index (χ4v) is 4.01. The number of fused-ring (bicyclic) bond motifs is 1. The number of hydrogen-bond donors (Lipinski definition) is 2. The third-order valence-corrected chi connectivity index (χ3v) is 5.97. The molecule has 0 aliphatic rings. The molecule has 0 spiro atoms. The molecule has 1 unspecified atom stereocenters. The van der Waals surface area contributed by atoms with E-state index in [4.69, 9.17) is 9.40 Å². The monoisotopic (exact) mass is 507 g/mol. The van der Waals surface area contributed by atoms with Gasteiger partial charge in [0.1, 0.15) is 12.0 Å². The Kier molecular flexibility index (Phi) is 6.34. The van der Waals surface area contributed by atoms with Gasteiger partial charge in [-0.25, -0.2) is 23.3 Å².